The Balaban J connectivity index is 0.00000169. The third-order valence-electron chi connectivity index (χ3n) is 1.08. The minimum Gasteiger partial charge on any atom is -0.403 e. The summed E-state index contributed by atoms with van der Waals surface area (Å²) >= 11 is 0. The van der Waals surface area contributed by atoms with Gasteiger partial charge in [-0.25, -0.2) is 5.10 Å². The zero-order chi connectivity index (χ0) is 9.90. The summed E-state index contributed by atoms with van der Waals surface area (Å²) in [5.41, 5.74) is 0. The van der Waals surface area contributed by atoms with Crippen LogP contribution in [0.25, 0.3) is 0 Å². The molecule has 1 heterocycles. The van der Waals surface area contributed by atoms with E-state index in [4.69, 9.17) is 6.72 Å². The SMILES string of the molecule is [CH-]=N[n+]1[c-]ccc(OS(C)(=O)=O)c1.[Y]. The molecule has 1 aromatic rings. The molecule has 0 bridgehead atoms. The van der Waals surface area contributed by atoms with E-state index in [2.05, 4.69) is 15.5 Å². The molecule has 0 N–H and O–H groups in total. The Morgan fingerprint density at radius 3 is 2.79 bits per heavy atom. The summed E-state index contributed by atoms with van der Waals surface area (Å²) in [5, 5.41) is 3.25. The molecule has 1 rings (SSSR count). The van der Waals surface area contributed by atoms with Crippen LogP contribution in [0.3, 0.4) is 0 Å². The van der Waals surface area contributed by atoms with Crippen molar-refractivity contribution in [2.24, 2.45) is 5.10 Å². The first-order chi connectivity index (χ1) is 6.01. The van der Waals surface area contributed by atoms with Crippen molar-refractivity contribution < 1.29 is 50.0 Å². The molecule has 1 aromatic heterocycles. The summed E-state index contributed by atoms with van der Waals surface area (Å²) in [7, 11) is -3.51. The van der Waals surface area contributed by atoms with Gasteiger partial charge in [0, 0.05) is 32.7 Å². The van der Waals surface area contributed by atoms with Crippen molar-refractivity contribution in [1.29, 1.82) is 0 Å². The van der Waals surface area contributed by atoms with Gasteiger partial charge in [0.15, 0.2) is 0 Å². The molecule has 0 aliphatic carbocycles. The molecule has 0 amide bonds. The summed E-state index contributed by atoms with van der Waals surface area (Å²) in [5.74, 6) is 0.135. The Morgan fingerprint density at radius 2 is 2.29 bits per heavy atom. The number of rotatable bonds is 3. The molecule has 0 saturated heterocycles. The van der Waals surface area contributed by atoms with Gasteiger partial charge in [-0.15, -0.1) is 12.1 Å². The number of pyridine rings is 1. The first-order valence-electron chi connectivity index (χ1n) is 3.25. The van der Waals surface area contributed by atoms with Crippen LogP contribution in [0.2, 0.25) is 0 Å². The molecule has 0 unspecified atom stereocenters. The standard InChI is InChI=1S/C7H7N2O3S.Y/c1-8-9-5-3-4-7(6-9)12-13(2,10)11;/h1,3-4,6H,2H3;/q-1;. The van der Waals surface area contributed by atoms with Crippen LogP contribution < -0.4 is 8.86 Å². The Kier molecular flexibility index (Phi) is 5.40. The van der Waals surface area contributed by atoms with Gasteiger partial charge in [-0.1, -0.05) is 0 Å². The van der Waals surface area contributed by atoms with Crippen molar-refractivity contribution in [2.45, 2.75) is 0 Å². The third kappa shape index (κ3) is 4.78. The van der Waals surface area contributed by atoms with Crippen LogP contribution >= 0.6 is 0 Å². The Morgan fingerprint density at radius 1 is 1.64 bits per heavy atom. The molecular weight excluding hydrogens is 281 g/mol. The number of hydrogen-bond donors (Lipinski definition) is 0. The van der Waals surface area contributed by atoms with Gasteiger partial charge in [-0.3, -0.25) is 0 Å². The minimum absolute atomic E-state index is 0. The molecular formula is C7H7N2O3SY-. The monoisotopic (exact) mass is 288 g/mol. The average Bonchev–Trinajstić information content (AvgIpc) is 2.01. The zero-order valence-electron chi connectivity index (χ0n) is 7.41. The van der Waals surface area contributed by atoms with Crippen LogP contribution in [0.15, 0.2) is 23.4 Å². The van der Waals surface area contributed by atoms with Crippen molar-refractivity contribution >= 4 is 16.8 Å². The van der Waals surface area contributed by atoms with Crippen molar-refractivity contribution in [3.05, 3.63) is 24.5 Å². The predicted octanol–water partition coefficient (Wildman–Crippen LogP) is -0.549. The Hall–Kier alpha value is -0.326. The van der Waals surface area contributed by atoms with Gasteiger partial charge < -0.3 is 10.9 Å². The van der Waals surface area contributed by atoms with Crippen molar-refractivity contribution in [3.8, 4) is 5.75 Å². The molecule has 5 nitrogen and oxygen atoms in total. The predicted molar refractivity (Wildman–Crippen MR) is 44.8 cm³/mol. The van der Waals surface area contributed by atoms with Gasteiger partial charge >= 0.3 is 10.1 Å². The van der Waals surface area contributed by atoms with E-state index in [1.807, 2.05) is 0 Å². The molecule has 0 aromatic carbocycles. The van der Waals surface area contributed by atoms with Crippen molar-refractivity contribution in [1.82, 2.24) is 0 Å². The van der Waals surface area contributed by atoms with E-state index in [-0.39, 0.29) is 38.5 Å². The van der Waals surface area contributed by atoms with Gasteiger partial charge in [0.1, 0.15) is 18.1 Å². The average molecular weight is 288 g/mol. The molecule has 14 heavy (non-hydrogen) atoms. The van der Waals surface area contributed by atoms with Gasteiger partial charge in [0.25, 0.3) is 0 Å². The molecule has 0 fully saturated rings. The first kappa shape index (κ1) is 13.7. The molecule has 0 aliphatic rings. The largest absolute Gasteiger partial charge is 0.403 e. The first-order valence-corrected chi connectivity index (χ1v) is 5.07. The van der Waals surface area contributed by atoms with Gasteiger partial charge in [-0.05, 0) is 0 Å². The minimum atomic E-state index is -3.51. The smallest absolute Gasteiger partial charge is 0.304 e. The van der Waals surface area contributed by atoms with Crippen LogP contribution in [0.4, 0.5) is 0 Å². The molecule has 0 atom stereocenters. The molecule has 7 heteroatoms. The maximum absolute atomic E-state index is 10.7. The summed E-state index contributed by atoms with van der Waals surface area (Å²) in [6.45, 7) is 4.93. The van der Waals surface area contributed by atoms with E-state index in [9.17, 15) is 8.42 Å². The normalized spacial score (nSPS) is 10.1. The summed E-state index contributed by atoms with van der Waals surface area (Å²) in [6.07, 6.45) is 4.84. The topological polar surface area (TPSA) is 59.6 Å². The fraction of sp³-hybridized carbons (Fsp3) is 0.143. The van der Waals surface area contributed by atoms with E-state index in [0.717, 1.165) is 10.9 Å². The maximum atomic E-state index is 10.7. The van der Waals surface area contributed by atoms with E-state index < -0.39 is 10.1 Å². The van der Waals surface area contributed by atoms with Crippen LogP contribution in [0, 0.1) is 6.20 Å². The molecule has 0 spiro atoms. The van der Waals surface area contributed by atoms with E-state index >= 15 is 0 Å². The molecule has 0 aliphatic heterocycles. The van der Waals surface area contributed by atoms with E-state index in [1.54, 1.807) is 0 Å². The number of hydrogen-bond acceptors (Lipinski definition) is 4. The van der Waals surface area contributed by atoms with E-state index in [0.29, 0.717) is 0 Å². The quantitative estimate of drug-likeness (QED) is 0.324. The van der Waals surface area contributed by atoms with Crippen LogP contribution in [0.5, 0.6) is 5.75 Å². The summed E-state index contributed by atoms with van der Waals surface area (Å²) < 4.78 is 27.1. The summed E-state index contributed by atoms with van der Waals surface area (Å²) in [4.78, 5) is 0. The van der Waals surface area contributed by atoms with Gasteiger partial charge in [-0.2, -0.15) is 13.1 Å². The second kappa shape index (κ2) is 5.53. The van der Waals surface area contributed by atoms with Crippen LogP contribution in [-0.2, 0) is 42.8 Å². The number of nitrogens with zero attached hydrogens (tertiary/aromatic N) is 2. The second-order valence-electron chi connectivity index (χ2n) is 2.24. The van der Waals surface area contributed by atoms with Gasteiger partial charge in [0.2, 0.25) is 0 Å². The van der Waals surface area contributed by atoms with Gasteiger partial charge in [0.05, 0.1) is 6.26 Å². The zero-order valence-corrected chi connectivity index (χ0v) is 11.1. The third-order valence-corrected chi connectivity index (χ3v) is 1.57. The molecule has 73 valence electrons. The molecule has 1 radical (unpaired) electrons. The van der Waals surface area contributed by atoms with Crippen LogP contribution in [-0.4, -0.2) is 21.4 Å². The Bertz CT molecular complexity index is 419. The van der Waals surface area contributed by atoms with Crippen molar-refractivity contribution in [2.75, 3.05) is 6.26 Å². The van der Waals surface area contributed by atoms with Crippen LogP contribution in [0.1, 0.15) is 0 Å². The summed E-state index contributed by atoms with van der Waals surface area (Å²) in [6, 6.07) is 2.87. The van der Waals surface area contributed by atoms with E-state index in [1.165, 1.54) is 18.3 Å². The van der Waals surface area contributed by atoms with Crippen molar-refractivity contribution in [3.63, 3.8) is 0 Å². The second-order valence-corrected chi connectivity index (χ2v) is 3.82. The maximum Gasteiger partial charge on any atom is 0.304 e. The molecule has 0 saturated carbocycles. The fourth-order valence-electron chi connectivity index (χ4n) is 0.687. The fourth-order valence-corrected chi connectivity index (χ4v) is 1.14. The Labute approximate surface area is 108 Å². The number of aromatic nitrogens is 1.